The zero-order valence-corrected chi connectivity index (χ0v) is 9.21. The highest BCUT2D eigenvalue weighted by Gasteiger charge is 2.08. The maximum absolute atomic E-state index is 4.97. The van der Waals surface area contributed by atoms with Gasteiger partial charge in [0.05, 0.1) is 5.52 Å². The van der Waals surface area contributed by atoms with E-state index in [-0.39, 0.29) is 0 Å². The van der Waals surface area contributed by atoms with Gasteiger partial charge in [0.15, 0.2) is 0 Å². The Bertz CT molecular complexity index is 662. The van der Waals surface area contributed by atoms with Crippen LogP contribution in [0.25, 0.3) is 22.4 Å². The van der Waals surface area contributed by atoms with Crippen LogP contribution in [0.2, 0.25) is 0 Å². The molecule has 0 unspecified atom stereocenters. The number of fused-ring (bicyclic) bond motifs is 1. The highest BCUT2D eigenvalue weighted by molar-refractivity contribution is 5.80. The van der Waals surface area contributed by atoms with E-state index in [1.54, 1.807) is 7.05 Å². The molecule has 0 fully saturated rings. The van der Waals surface area contributed by atoms with E-state index >= 15 is 0 Å². The van der Waals surface area contributed by atoms with Crippen LogP contribution < -0.4 is 5.32 Å². The second-order valence-electron chi connectivity index (χ2n) is 3.56. The molecule has 0 saturated carbocycles. The fourth-order valence-corrected chi connectivity index (χ4v) is 1.62. The van der Waals surface area contributed by atoms with Gasteiger partial charge in [-0.1, -0.05) is 29.4 Å². The average molecular weight is 226 g/mol. The minimum atomic E-state index is 0.384. The summed E-state index contributed by atoms with van der Waals surface area (Å²) < 4.78 is 4.97. The highest BCUT2D eigenvalue weighted by Crippen LogP contribution is 2.19. The number of benzene rings is 1. The van der Waals surface area contributed by atoms with Crippen molar-refractivity contribution >= 4 is 16.9 Å². The first-order valence-corrected chi connectivity index (χ1v) is 5.24. The molecular weight excluding hydrogens is 216 g/mol. The molecule has 0 radical (unpaired) electrons. The van der Waals surface area contributed by atoms with E-state index in [2.05, 4.69) is 20.4 Å². The number of aromatic nitrogens is 3. The van der Waals surface area contributed by atoms with Gasteiger partial charge in [0.1, 0.15) is 5.69 Å². The highest BCUT2D eigenvalue weighted by atomic mass is 16.5. The minimum Gasteiger partial charge on any atom is -0.341 e. The molecule has 0 aliphatic rings. The lowest BCUT2D eigenvalue weighted by molar-refractivity contribution is 0.434. The van der Waals surface area contributed by atoms with Crippen LogP contribution >= 0.6 is 0 Å². The smallest absolute Gasteiger partial charge is 0.321 e. The Balaban J connectivity index is 2.11. The van der Waals surface area contributed by atoms with Crippen molar-refractivity contribution in [3.8, 4) is 11.5 Å². The molecule has 17 heavy (non-hydrogen) atoms. The molecule has 5 heteroatoms. The molecule has 1 aromatic carbocycles. The van der Waals surface area contributed by atoms with Crippen LogP contribution in [0.3, 0.4) is 0 Å². The van der Waals surface area contributed by atoms with Gasteiger partial charge >= 0.3 is 6.01 Å². The average Bonchev–Trinajstić information content (AvgIpc) is 2.87. The van der Waals surface area contributed by atoms with E-state index in [0.717, 1.165) is 10.9 Å². The second kappa shape index (κ2) is 3.86. The summed E-state index contributed by atoms with van der Waals surface area (Å²) in [5.41, 5.74) is 1.62. The van der Waals surface area contributed by atoms with E-state index in [9.17, 15) is 0 Å². The van der Waals surface area contributed by atoms with Crippen LogP contribution in [-0.2, 0) is 0 Å². The molecule has 2 heterocycles. The monoisotopic (exact) mass is 226 g/mol. The summed E-state index contributed by atoms with van der Waals surface area (Å²) in [4.78, 5) is 8.63. The lowest BCUT2D eigenvalue weighted by Crippen LogP contribution is -1.89. The molecule has 2 aromatic heterocycles. The van der Waals surface area contributed by atoms with E-state index in [4.69, 9.17) is 4.52 Å². The molecule has 0 aliphatic heterocycles. The summed E-state index contributed by atoms with van der Waals surface area (Å²) >= 11 is 0. The summed E-state index contributed by atoms with van der Waals surface area (Å²) in [6.07, 6.45) is 0. The van der Waals surface area contributed by atoms with Crippen LogP contribution in [0.5, 0.6) is 0 Å². The molecular formula is C12H10N4O. The fourth-order valence-electron chi connectivity index (χ4n) is 1.62. The predicted octanol–water partition coefficient (Wildman–Crippen LogP) is 2.33. The molecule has 1 N–H and O–H groups in total. The lowest BCUT2D eigenvalue weighted by Gasteiger charge is -1.98. The Kier molecular flexibility index (Phi) is 2.22. The van der Waals surface area contributed by atoms with Gasteiger partial charge in [0.2, 0.25) is 5.82 Å². The Hall–Kier alpha value is -2.43. The second-order valence-corrected chi connectivity index (χ2v) is 3.56. The van der Waals surface area contributed by atoms with Gasteiger partial charge in [-0.05, 0) is 12.1 Å². The van der Waals surface area contributed by atoms with E-state index in [0.29, 0.717) is 17.5 Å². The molecule has 0 spiro atoms. The minimum absolute atomic E-state index is 0.384. The third-order valence-electron chi connectivity index (χ3n) is 2.47. The number of hydrogen-bond acceptors (Lipinski definition) is 5. The third-order valence-corrected chi connectivity index (χ3v) is 2.47. The van der Waals surface area contributed by atoms with Crippen molar-refractivity contribution in [2.45, 2.75) is 0 Å². The van der Waals surface area contributed by atoms with Crippen molar-refractivity contribution in [2.75, 3.05) is 12.4 Å². The zero-order valence-electron chi connectivity index (χ0n) is 9.21. The Morgan fingerprint density at radius 3 is 2.76 bits per heavy atom. The molecule has 5 nitrogen and oxygen atoms in total. The van der Waals surface area contributed by atoms with Gasteiger partial charge < -0.3 is 9.84 Å². The Morgan fingerprint density at radius 2 is 1.94 bits per heavy atom. The van der Waals surface area contributed by atoms with Gasteiger partial charge in [-0.2, -0.15) is 4.98 Å². The normalized spacial score (nSPS) is 10.6. The van der Waals surface area contributed by atoms with E-state index in [1.807, 2.05) is 36.4 Å². The molecule has 3 rings (SSSR count). The fraction of sp³-hybridized carbons (Fsp3) is 0.0833. The van der Waals surface area contributed by atoms with Crippen LogP contribution in [0.4, 0.5) is 6.01 Å². The Morgan fingerprint density at radius 1 is 1.06 bits per heavy atom. The SMILES string of the molecule is CNc1nc(-c2ccc3ccccc3n2)no1. The zero-order chi connectivity index (χ0) is 11.7. The van der Waals surface area contributed by atoms with Gasteiger partial charge in [0.25, 0.3) is 0 Å². The number of rotatable bonds is 2. The van der Waals surface area contributed by atoms with Crippen LogP contribution in [0, 0.1) is 0 Å². The summed E-state index contributed by atoms with van der Waals surface area (Å²) in [6, 6.07) is 12.2. The van der Waals surface area contributed by atoms with Crippen LogP contribution in [-0.4, -0.2) is 22.2 Å². The molecule has 0 aliphatic carbocycles. The van der Waals surface area contributed by atoms with Gasteiger partial charge in [0, 0.05) is 12.4 Å². The van der Waals surface area contributed by atoms with Crippen molar-refractivity contribution in [1.29, 1.82) is 0 Å². The summed E-state index contributed by atoms with van der Waals surface area (Å²) in [6.45, 7) is 0. The molecule has 3 aromatic rings. The predicted molar refractivity (Wildman–Crippen MR) is 64.6 cm³/mol. The molecule has 0 atom stereocenters. The van der Waals surface area contributed by atoms with Crippen molar-refractivity contribution in [1.82, 2.24) is 15.1 Å². The number of nitrogens with zero attached hydrogens (tertiary/aromatic N) is 3. The van der Waals surface area contributed by atoms with E-state index in [1.165, 1.54) is 0 Å². The molecule has 0 amide bonds. The maximum atomic E-state index is 4.97. The van der Waals surface area contributed by atoms with Crippen LogP contribution in [0.15, 0.2) is 40.9 Å². The number of para-hydroxylation sites is 1. The number of nitrogens with one attached hydrogen (secondary N) is 1. The van der Waals surface area contributed by atoms with E-state index < -0.39 is 0 Å². The van der Waals surface area contributed by atoms with Crippen molar-refractivity contribution in [3.05, 3.63) is 36.4 Å². The summed E-state index contributed by atoms with van der Waals surface area (Å²) in [7, 11) is 1.73. The maximum Gasteiger partial charge on any atom is 0.321 e. The Labute approximate surface area is 97.5 Å². The first-order chi connectivity index (χ1) is 8.36. The number of pyridine rings is 1. The largest absolute Gasteiger partial charge is 0.341 e. The quantitative estimate of drug-likeness (QED) is 0.726. The number of hydrogen-bond donors (Lipinski definition) is 1. The number of anilines is 1. The van der Waals surface area contributed by atoms with Crippen molar-refractivity contribution in [3.63, 3.8) is 0 Å². The van der Waals surface area contributed by atoms with Crippen molar-refractivity contribution < 1.29 is 4.52 Å². The summed E-state index contributed by atoms with van der Waals surface area (Å²) in [5.74, 6) is 0.486. The lowest BCUT2D eigenvalue weighted by atomic mass is 10.2. The van der Waals surface area contributed by atoms with Crippen molar-refractivity contribution in [2.24, 2.45) is 0 Å². The molecule has 0 bridgehead atoms. The van der Waals surface area contributed by atoms with Crippen LogP contribution in [0.1, 0.15) is 0 Å². The first-order valence-electron chi connectivity index (χ1n) is 5.24. The topological polar surface area (TPSA) is 63.8 Å². The van der Waals surface area contributed by atoms with Gasteiger partial charge in [-0.3, -0.25) is 0 Å². The molecule has 0 saturated heterocycles. The standard InChI is InChI=1S/C12H10N4O/c1-13-12-15-11(16-17-12)10-7-6-8-4-2-3-5-9(8)14-10/h2-7H,1H3,(H,13,15,16). The summed E-state index contributed by atoms with van der Waals surface area (Å²) in [5, 5.41) is 7.73. The van der Waals surface area contributed by atoms with Gasteiger partial charge in [-0.15, -0.1) is 0 Å². The molecule has 84 valence electrons. The third kappa shape index (κ3) is 1.71. The van der Waals surface area contributed by atoms with Gasteiger partial charge in [-0.25, -0.2) is 4.98 Å². The first kappa shape index (κ1) is 9.77.